The van der Waals surface area contributed by atoms with E-state index in [1.165, 1.54) is 72.3 Å². The largest absolute Gasteiger partial charge is 1.00 e. The summed E-state index contributed by atoms with van der Waals surface area (Å²) < 4.78 is 203. The van der Waals surface area contributed by atoms with Crippen molar-refractivity contribution in [2.75, 3.05) is 70.4 Å². The number of aromatic amines is 1. The molecule has 0 bridgehead atoms. The maximum absolute atomic E-state index is 12.8. The predicted octanol–water partition coefficient (Wildman–Crippen LogP) is 16.9. The van der Waals surface area contributed by atoms with Crippen LogP contribution in [0.25, 0.3) is 21.8 Å². The number of carbonyl (C=O) groups excluding carboxylic acids is 8. The molecule has 0 saturated carbocycles. The minimum Gasteiger partial charge on any atom is -1.00 e. The number of nitrogens with zero attached hydrogens (tertiary/aromatic N) is 13. The van der Waals surface area contributed by atoms with Gasteiger partial charge in [-0.1, -0.05) is 74.3 Å². The number of aromatic nitrogens is 14. The number of ketones is 5. The zero-order chi connectivity index (χ0) is 96.7. The molecule has 9 heterocycles. The topological polar surface area (TPSA) is 462 Å². The van der Waals surface area contributed by atoms with Gasteiger partial charge in [0.25, 0.3) is 11.8 Å². The van der Waals surface area contributed by atoms with Gasteiger partial charge in [0, 0.05) is 38.5 Å². The molecule has 11 aromatic rings. The van der Waals surface area contributed by atoms with Crippen LogP contribution < -0.4 is 82.8 Å². The summed E-state index contributed by atoms with van der Waals surface area (Å²) in [5.41, 5.74) is 1.85. The van der Waals surface area contributed by atoms with Gasteiger partial charge in [-0.25, -0.2) is 19.6 Å². The first kappa shape index (κ1) is 142. The second kappa shape index (κ2) is 65.5. The Morgan fingerprint density at radius 1 is 0.458 bits per heavy atom. The Labute approximate surface area is 845 Å². The number of halogens is 13. The fraction of sp³-hybridized carbons (Fsp3) is 0.422. The van der Waals surface area contributed by atoms with Gasteiger partial charge in [-0.05, 0) is 134 Å². The molecule has 1 unspecified atom stereocenters. The first-order valence-corrected chi connectivity index (χ1v) is 38.2. The van der Waals surface area contributed by atoms with Crippen LogP contribution >= 0.6 is 11.6 Å². The van der Waals surface area contributed by atoms with E-state index < -0.39 is 110 Å². The summed E-state index contributed by atoms with van der Waals surface area (Å²) in [5, 5.41) is 45.9. The van der Waals surface area contributed by atoms with Crippen LogP contribution in [0.15, 0.2) is 116 Å². The molecule has 785 valence electrons. The van der Waals surface area contributed by atoms with Crippen LogP contribution in [0.3, 0.4) is 0 Å². The van der Waals surface area contributed by atoms with Crippen LogP contribution in [-0.4, -0.2) is 231 Å². The van der Waals surface area contributed by atoms with Crippen molar-refractivity contribution in [3.8, 4) is 63.2 Å². The molecular formula is C90H124BClF12N16NaO21. The van der Waals surface area contributed by atoms with Crippen LogP contribution in [0.2, 0.25) is 0 Å². The number of Topliss-reactive ketones (excluding diaryl/α,β-unsaturated/α-hetero) is 5. The number of aromatic carboxylic acids is 1. The van der Waals surface area contributed by atoms with Gasteiger partial charge in [-0.2, -0.15) is 78.2 Å². The number of amides is 2. The number of carboxylic acids is 1. The number of aryl methyl sites for hydroxylation is 2. The second-order valence-electron chi connectivity index (χ2n) is 26.9. The van der Waals surface area contributed by atoms with E-state index in [0.717, 1.165) is 70.9 Å². The molecule has 1 atom stereocenters. The third-order valence-corrected chi connectivity index (χ3v) is 15.9. The minimum atomic E-state index is -4.63. The maximum Gasteiger partial charge on any atom is 1.00 e. The van der Waals surface area contributed by atoms with Gasteiger partial charge in [0.05, 0.1) is 120 Å². The number of aliphatic hydroxyl groups is 1. The van der Waals surface area contributed by atoms with Gasteiger partial charge < -0.3 is 69.6 Å². The average Bonchev–Trinajstić information content (AvgIpc) is 1.43. The average molecular weight is 2060 g/mol. The Morgan fingerprint density at radius 3 is 1.10 bits per heavy atom. The van der Waals surface area contributed by atoms with Crippen molar-refractivity contribution in [1.82, 2.24) is 69.3 Å². The Morgan fingerprint density at radius 2 is 0.796 bits per heavy atom. The van der Waals surface area contributed by atoms with E-state index in [-0.39, 0.29) is 210 Å². The van der Waals surface area contributed by atoms with Crippen molar-refractivity contribution < 1.29 is 184 Å². The summed E-state index contributed by atoms with van der Waals surface area (Å²) in [6, 6.07) is 16.8. The van der Waals surface area contributed by atoms with Crippen molar-refractivity contribution in [3.63, 3.8) is 0 Å². The normalized spacial score (nSPS) is 10.4. The SMILES string of the molecule is C.C.C.C.C.C.C.C.C.C.CC(=O)CCl.CC(=O)Cn1cc(OCC(F)(F)F)c(C(=O)O)n1.CCOC(=O)c1nn(CC(C)=O)cc1OCC(F)(F)F.CCOc1cn[nH]c1C(C)=O.COc1cc2c(Oc3ccc(NC(=O)c4nn(CC(C)=O)cc4OCC(F)(F)F)nc3)ccnc2cc1C.COc1cc2c(Oc3ccc(NC(=O)c4nn(CC(C)O)cc4OCC(F)(F)F)nc3)ccnc2cc1C.[B].[H-].[Na+]. The molecule has 0 fully saturated rings. The van der Waals surface area contributed by atoms with Crippen LogP contribution in [0.5, 0.6) is 63.2 Å². The van der Waals surface area contributed by atoms with Gasteiger partial charge in [0.15, 0.2) is 89.7 Å². The van der Waals surface area contributed by atoms with Crippen LogP contribution in [0.1, 0.15) is 195 Å². The summed E-state index contributed by atoms with van der Waals surface area (Å²) in [4.78, 5) is 118. The van der Waals surface area contributed by atoms with E-state index in [1.54, 1.807) is 57.8 Å². The molecule has 0 saturated heterocycles. The molecule has 0 aliphatic heterocycles. The molecule has 37 nitrogen and oxygen atoms in total. The smallest absolute Gasteiger partial charge is 1.00 e. The quantitative estimate of drug-likeness (QED) is 0.00838. The van der Waals surface area contributed by atoms with Crippen LogP contribution in [-0.2, 0) is 50.1 Å². The second-order valence-corrected chi connectivity index (χ2v) is 27.1. The van der Waals surface area contributed by atoms with E-state index in [0.29, 0.717) is 58.1 Å². The van der Waals surface area contributed by atoms with Crippen molar-refractivity contribution in [2.45, 2.75) is 200 Å². The van der Waals surface area contributed by atoms with Crippen molar-refractivity contribution in [1.29, 1.82) is 0 Å². The van der Waals surface area contributed by atoms with Gasteiger partial charge in [0.2, 0.25) is 11.4 Å². The van der Waals surface area contributed by atoms with Gasteiger partial charge >= 0.3 is 66.2 Å². The number of alkyl halides is 13. The molecule has 52 heteroatoms. The van der Waals surface area contributed by atoms with Gasteiger partial charge in [-0.15, -0.1) is 11.6 Å². The van der Waals surface area contributed by atoms with Crippen LogP contribution in [0, 0.1) is 13.8 Å². The van der Waals surface area contributed by atoms with Gasteiger partial charge in [0.1, 0.15) is 57.6 Å². The number of benzene rings is 2. The summed E-state index contributed by atoms with van der Waals surface area (Å²) in [6.45, 7) is 8.85. The molecule has 11 rings (SSSR count). The first-order chi connectivity index (χ1) is 61.0. The molecule has 142 heavy (non-hydrogen) atoms. The zero-order valence-electron chi connectivity index (χ0n) is 73.3. The predicted molar refractivity (Wildman–Crippen MR) is 508 cm³/mol. The molecule has 3 radical (unpaired) electrons. The fourth-order valence-electron chi connectivity index (χ4n) is 10.3. The van der Waals surface area contributed by atoms with E-state index in [4.69, 9.17) is 49.9 Å². The molecule has 0 spiro atoms. The minimum absolute atomic E-state index is 0. The number of methoxy groups -OCH3 is 2. The number of pyridine rings is 4. The van der Waals surface area contributed by atoms with E-state index in [9.17, 15) is 101 Å². The first-order valence-electron chi connectivity index (χ1n) is 37.6. The van der Waals surface area contributed by atoms with E-state index in [2.05, 4.69) is 75.4 Å². The molecule has 5 N–H and O–H groups in total. The standard InChI is InChI=1S/C25H24F3N5O5.C25H22F3N5O5.C11H13F3N2O4.C9H9F3N2O4.C7H10N2O2.C3H5ClO.10CH4.B.Na.H/c2*1-14-8-18-17(9-20(14)36-3)19(6-7-29-18)38-16-4-5-22(30-10-16)31-24(35)23-21(37-13-25(26,27)28)12-33(32-23)11-15(2)34;1-3-19-10(18)9-8(20-6-11(12,13)14)5-16(15-9)4-7(2)17;1-5(15)2-14-3-6(7(13-14)8(16)17)18-4-9(10,11)12;1-3-11-6-4-8-9-7(6)5(2)10;1-3(5)2-4;;;;;;;;;;;;;/h4-10,12,15,34H,11,13H2,1-3H3,(H,30,31,35);4-10,12H,11,13H2,1-3H3,(H,30,31,35);5H,3-4,6H2,1-2H3;3H,2,4H2,1H3,(H,16,17);4H,3H2,1-2H3,(H,8,9);2H2,1H3;10*1H4;;;/q;;;;;;;;;;;;;;;;;+1;-1. The molecule has 0 aliphatic rings. The number of hydrogen-bond acceptors (Lipinski definition) is 29. The Hall–Kier alpha value is -13.5. The Balaban J connectivity index is -0.000000270. The molecular weight excluding hydrogens is 1940 g/mol. The molecule has 2 amide bonds. The Kier molecular flexibility index (Phi) is 65.3. The van der Waals surface area contributed by atoms with Crippen molar-refractivity contribution in [3.05, 3.63) is 156 Å². The number of anilines is 2. The summed E-state index contributed by atoms with van der Waals surface area (Å²) in [7, 11) is 3.15. The number of nitrogens with one attached hydrogen (secondary N) is 3. The zero-order valence-corrected chi connectivity index (χ0v) is 75.0. The number of carbonyl (C=O) groups is 9. The summed E-state index contributed by atoms with van der Waals surface area (Å²) >= 11 is 4.99. The summed E-state index contributed by atoms with van der Waals surface area (Å²) in [5.74, 6) is -2.84. The maximum atomic E-state index is 12.8. The van der Waals surface area contributed by atoms with Crippen LogP contribution in [0.4, 0.5) is 64.3 Å². The number of carboxylic acid groups (broad SMARTS) is 1. The molecule has 2 aromatic carbocycles. The number of H-pyrrole nitrogens is 1. The number of fused-ring (bicyclic) bond motifs is 2. The number of ether oxygens (including phenoxy) is 10. The van der Waals surface area contributed by atoms with Crippen molar-refractivity contribution in [2.24, 2.45) is 0 Å². The monoisotopic (exact) mass is 2060 g/mol. The molecule has 9 aromatic heterocycles. The Bertz CT molecular complexity index is 5750. The van der Waals surface area contributed by atoms with E-state index >= 15 is 0 Å². The number of esters is 1. The number of aliphatic hydroxyl groups excluding tert-OH is 1. The number of hydrogen-bond donors (Lipinski definition) is 5. The van der Waals surface area contributed by atoms with Gasteiger partial charge in [-0.3, -0.25) is 67.4 Å². The molecule has 0 aliphatic carbocycles. The third-order valence-electron chi connectivity index (χ3n) is 15.5. The number of rotatable bonds is 33. The third kappa shape index (κ3) is 47.7. The van der Waals surface area contributed by atoms with Crippen molar-refractivity contribution >= 4 is 106 Å². The summed E-state index contributed by atoms with van der Waals surface area (Å²) in [6.07, 6.45) is -7.59. The van der Waals surface area contributed by atoms with E-state index in [1.807, 2.05) is 45.0 Å². The fourth-order valence-corrected chi connectivity index (χ4v) is 10.3.